The van der Waals surface area contributed by atoms with Crippen molar-refractivity contribution in [1.82, 2.24) is 5.32 Å². The van der Waals surface area contributed by atoms with Gasteiger partial charge in [-0.3, -0.25) is 9.59 Å². The lowest BCUT2D eigenvalue weighted by atomic mass is 9.82. The Labute approximate surface area is 95.7 Å². The molecular weight excluding hydrogens is 206 g/mol. The summed E-state index contributed by atoms with van der Waals surface area (Å²) >= 11 is 0. The molecule has 2 N–H and O–H groups in total. The van der Waals surface area contributed by atoms with E-state index >= 15 is 0 Å². The molecule has 1 saturated carbocycles. The van der Waals surface area contributed by atoms with E-state index < -0.39 is 11.4 Å². The molecule has 0 atom stereocenters. The third-order valence-electron chi connectivity index (χ3n) is 3.18. The monoisotopic (exact) mass is 225 g/mol. The summed E-state index contributed by atoms with van der Waals surface area (Å²) in [7, 11) is 0. The number of carbonyl (C=O) groups excluding carboxylic acids is 1. The number of carboxylic acid groups (broad SMARTS) is 1. The van der Waals surface area contributed by atoms with Crippen LogP contribution in [-0.4, -0.2) is 23.5 Å². The Morgan fingerprint density at radius 1 is 1.38 bits per heavy atom. The van der Waals surface area contributed by atoms with Crippen molar-refractivity contribution in [3.63, 3.8) is 0 Å². The van der Waals surface area contributed by atoms with Gasteiger partial charge >= 0.3 is 5.97 Å². The summed E-state index contributed by atoms with van der Waals surface area (Å²) in [5, 5.41) is 11.9. The first-order chi connectivity index (χ1) is 7.60. The summed E-state index contributed by atoms with van der Waals surface area (Å²) in [6, 6.07) is 0. The van der Waals surface area contributed by atoms with E-state index in [9.17, 15) is 14.7 Å². The van der Waals surface area contributed by atoms with E-state index in [0.29, 0.717) is 25.8 Å². The third-order valence-corrected chi connectivity index (χ3v) is 3.18. The summed E-state index contributed by atoms with van der Waals surface area (Å²) in [5.74, 6) is -0.991. The Morgan fingerprint density at radius 2 is 2.00 bits per heavy atom. The molecule has 1 fully saturated rings. The van der Waals surface area contributed by atoms with Crippen LogP contribution in [0.3, 0.4) is 0 Å². The van der Waals surface area contributed by atoms with E-state index in [1.807, 2.05) is 0 Å². The maximum atomic E-state index is 11.6. The first kappa shape index (κ1) is 12.7. The van der Waals surface area contributed by atoms with Gasteiger partial charge in [0.25, 0.3) is 0 Å². The van der Waals surface area contributed by atoms with Crippen molar-refractivity contribution in [2.75, 3.05) is 6.54 Å². The lowest BCUT2D eigenvalue weighted by Gasteiger charge is -2.22. The molecule has 1 amide bonds. The molecule has 0 aliphatic heterocycles. The molecule has 90 valence electrons. The molecule has 1 aliphatic rings. The SMILES string of the molecule is C=CCCNC(=O)CC1(C(=O)O)CCCC1. The van der Waals surface area contributed by atoms with Crippen molar-refractivity contribution in [3.05, 3.63) is 12.7 Å². The largest absolute Gasteiger partial charge is 0.481 e. The van der Waals surface area contributed by atoms with Crippen molar-refractivity contribution in [2.24, 2.45) is 5.41 Å². The normalized spacial score (nSPS) is 18.0. The Kier molecular flexibility index (Phi) is 4.52. The van der Waals surface area contributed by atoms with Crippen molar-refractivity contribution in [2.45, 2.75) is 38.5 Å². The van der Waals surface area contributed by atoms with Crippen LogP contribution in [0.1, 0.15) is 38.5 Å². The molecule has 0 spiro atoms. The molecule has 1 rings (SSSR count). The number of nitrogens with one attached hydrogen (secondary N) is 1. The molecule has 16 heavy (non-hydrogen) atoms. The lowest BCUT2D eigenvalue weighted by molar-refractivity contribution is -0.151. The van der Waals surface area contributed by atoms with Crippen LogP contribution in [0.5, 0.6) is 0 Å². The second-order valence-electron chi connectivity index (χ2n) is 4.40. The summed E-state index contributed by atoms with van der Waals surface area (Å²) < 4.78 is 0. The van der Waals surface area contributed by atoms with Gasteiger partial charge in [0.05, 0.1) is 5.41 Å². The predicted octanol–water partition coefficient (Wildman–Crippen LogP) is 1.71. The lowest BCUT2D eigenvalue weighted by Crippen LogP contribution is -2.36. The van der Waals surface area contributed by atoms with Gasteiger partial charge in [0.2, 0.25) is 5.91 Å². The highest BCUT2D eigenvalue weighted by Crippen LogP contribution is 2.41. The predicted molar refractivity (Wildman–Crippen MR) is 61.0 cm³/mol. The second kappa shape index (κ2) is 5.68. The smallest absolute Gasteiger partial charge is 0.310 e. The molecule has 0 heterocycles. The molecule has 1 aliphatic carbocycles. The average molecular weight is 225 g/mol. The van der Waals surface area contributed by atoms with Crippen LogP contribution >= 0.6 is 0 Å². The molecule has 4 nitrogen and oxygen atoms in total. The molecule has 4 heteroatoms. The summed E-state index contributed by atoms with van der Waals surface area (Å²) in [4.78, 5) is 22.8. The number of hydrogen-bond donors (Lipinski definition) is 2. The van der Waals surface area contributed by atoms with Gasteiger partial charge in [-0.1, -0.05) is 18.9 Å². The van der Waals surface area contributed by atoms with Gasteiger partial charge in [-0.05, 0) is 19.3 Å². The van der Waals surface area contributed by atoms with Crippen molar-refractivity contribution < 1.29 is 14.7 Å². The number of amides is 1. The topological polar surface area (TPSA) is 66.4 Å². The summed E-state index contributed by atoms with van der Waals surface area (Å²) in [6.45, 7) is 4.10. The maximum Gasteiger partial charge on any atom is 0.310 e. The van der Waals surface area contributed by atoms with Crippen molar-refractivity contribution in [3.8, 4) is 0 Å². The molecule has 0 saturated heterocycles. The Balaban J connectivity index is 2.46. The van der Waals surface area contributed by atoms with E-state index in [1.54, 1.807) is 6.08 Å². The van der Waals surface area contributed by atoms with Crippen LogP contribution in [0, 0.1) is 5.41 Å². The van der Waals surface area contributed by atoms with E-state index in [2.05, 4.69) is 11.9 Å². The third kappa shape index (κ3) is 3.08. The van der Waals surface area contributed by atoms with E-state index in [1.165, 1.54) is 0 Å². The van der Waals surface area contributed by atoms with Crippen LogP contribution in [-0.2, 0) is 9.59 Å². The van der Waals surface area contributed by atoms with Crippen LogP contribution in [0.25, 0.3) is 0 Å². The van der Waals surface area contributed by atoms with Gasteiger partial charge in [-0.2, -0.15) is 0 Å². The van der Waals surface area contributed by atoms with E-state index in [-0.39, 0.29) is 12.3 Å². The van der Waals surface area contributed by atoms with Gasteiger partial charge in [0, 0.05) is 13.0 Å². The number of carboxylic acids is 1. The second-order valence-corrected chi connectivity index (χ2v) is 4.40. The fraction of sp³-hybridized carbons (Fsp3) is 0.667. The fourth-order valence-electron chi connectivity index (χ4n) is 2.20. The maximum absolute atomic E-state index is 11.6. The fourth-order valence-corrected chi connectivity index (χ4v) is 2.20. The number of carbonyl (C=O) groups is 2. The molecule has 0 bridgehead atoms. The molecule has 0 unspecified atom stereocenters. The molecule has 0 aromatic carbocycles. The number of hydrogen-bond acceptors (Lipinski definition) is 2. The van der Waals surface area contributed by atoms with Gasteiger partial charge in [-0.15, -0.1) is 6.58 Å². The number of aliphatic carboxylic acids is 1. The zero-order chi connectivity index (χ0) is 12.0. The Hall–Kier alpha value is -1.32. The number of rotatable bonds is 6. The molecule has 0 aromatic heterocycles. The highest BCUT2D eigenvalue weighted by molar-refractivity contribution is 5.85. The van der Waals surface area contributed by atoms with Gasteiger partial charge in [0.1, 0.15) is 0 Å². The highest BCUT2D eigenvalue weighted by atomic mass is 16.4. The Bertz CT molecular complexity index is 280. The van der Waals surface area contributed by atoms with Gasteiger partial charge in [0.15, 0.2) is 0 Å². The Morgan fingerprint density at radius 3 is 2.50 bits per heavy atom. The average Bonchev–Trinajstić information content (AvgIpc) is 2.68. The van der Waals surface area contributed by atoms with Crippen LogP contribution in [0.15, 0.2) is 12.7 Å². The van der Waals surface area contributed by atoms with E-state index in [4.69, 9.17) is 0 Å². The summed E-state index contributed by atoms with van der Waals surface area (Å²) in [5.41, 5.74) is -0.807. The van der Waals surface area contributed by atoms with Crippen LogP contribution in [0.4, 0.5) is 0 Å². The first-order valence-electron chi connectivity index (χ1n) is 5.72. The minimum atomic E-state index is -0.830. The molecule has 0 aromatic rings. The quantitative estimate of drug-likeness (QED) is 0.534. The summed E-state index contributed by atoms with van der Waals surface area (Å²) in [6.07, 6.45) is 5.61. The zero-order valence-electron chi connectivity index (χ0n) is 9.50. The highest BCUT2D eigenvalue weighted by Gasteiger charge is 2.42. The van der Waals surface area contributed by atoms with Gasteiger partial charge < -0.3 is 10.4 Å². The minimum Gasteiger partial charge on any atom is -0.481 e. The van der Waals surface area contributed by atoms with E-state index in [0.717, 1.165) is 12.8 Å². The first-order valence-corrected chi connectivity index (χ1v) is 5.72. The van der Waals surface area contributed by atoms with Crippen LogP contribution < -0.4 is 5.32 Å². The molecular formula is C12H19NO3. The van der Waals surface area contributed by atoms with Crippen molar-refractivity contribution >= 4 is 11.9 Å². The zero-order valence-corrected chi connectivity index (χ0v) is 9.50. The molecule has 0 radical (unpaired) electrons. The minimum absolute atomic E-state index is 0.111. The van der Waals surface area contributed by atoms with Crippen LogP contribution in [0.2, 0.25) is 0 Å². The van der Waals surface area contributed by atoms with Gasteiger partial charge in [-0.25, -0.2) is 0 Å². The van der Waals surface area contributed by atoms with Crippen molar-refractivity contribution in [1.29, 1.82) is 0 Å². The standard InChI is InChI=1S/C12H19NO3/c1-2-3-8-13-10(14)9-12(11(15)16)6-4-5-7-12/h2H,1,3-9H2,(H,13,14)(H,15,16).